The molecule has 6 aliphatic heterocycles. The maximum atomic E-state index is 13.3. The topological polar surface area (TPSA) is 495 Å². The molecule has 0 spiro atoms. The van der Waals surface area contributed by atoms with Gasteiger partial charge in [0.2, 0.25) is 52.0 Å². The van der Waals surface area contributed by atoms with Crippen LogP contribution in [0.4, 0.5) is 15.4 Å². The van der Waals surface area contributed by atoms with Crippen LogP contribution in [0.15, 0.2) is 140 Å². The van der Waals surface area contributed by atoms with Crippen LogP contribution in [-0.4, -0.2) is 196 Å². The molecule has 42 heteroatoms. The molecule has 0 bridgehead atoms. The number of hydrogen-bond donors (Lipinski definition) is 6. The van der Waals surface area contributed by atoms with E-state index in [-0.39, 0.29) is 104 Å². The van der Waals surface area contributed by atoms with Gasteiger partial charge in [-0.25, -0.2) is 14.4 Å². The van der Waals surface area contributed by atoms with E-state index in [4.69, 9.17) is 66.5 Å². The minimum absolute atomic E-state index is 0.0774. The highest BCUT2D eigenvalue weighted by Gasteiger charge is 2.56. The first kappa shape index (κ1) is 91.7. The Balaban J connectivity index is 0.000000189. The molecule has 0 radical (unpaired) electrons. The van der Waals surface area contributed by atoms with Gasteiger partial charge >= 0.3 is 17.9 Å². The number of rotatable bonds is 33. The quantitative estimate of drug-likeness (QED) is 0.00964. The monoisotopic (exact) mass is 1810 g/mol. The van der Waals surface area contributed by atoms with Gasteiger partial charge in [-0.2, -0.15) is 28.1 Å². The third-order valence-corrected chi connectivity index (χ3v) is 25.4. The third kappa shape index (κ3) is 21.4. The van der Waals surface area contributed by atoms with E-state index < -0.39 is 85.9 Å². The summed E-state index contributed by atoms with van der Waals surface area (Å²) < 4.78 is 12.0. The number of alkyl halides is 3. The number of nitrogens with two attached hydrogens (primary N) is 3. The van der Waals surface area contributed by atoms with E-state index in [1.165, 1.54) is 112 Å². The van der Waals surface area contributed by atoms with Gasteiger partial charge in [-0.1, -0.05) is 125 Å². The standard InChI is InChI=1S/3C26H26ClN5O6S2/c3*1-13(33)20-16(9-8-14-4-6-15(11-27)7-5-14)12-39-23-17(22(35)32(20)23)10-18(34)19(21-29-25(28)40-31-21)30-38-26(2,3)24(36)37/h3*4-9,17,23H,10-12H2,1-3H3,(H,36,37)(H2,28,29,31)/b9-8?,30-19+;9-8+,30-19+;9-8-,30-19+/t3*17-,23-/m111/s1. The molecular formula is C78H78Cl3N15O18S6. The van der Waals surface area contributed by atoms with Crippen molar-refractivity contribution in [3.63, 3.8) is 0 Å². The Bertz CT molecular complexity index is 4870. The van der Waals surface area contributed by atoms with Crippen molar-refractivity contribution >= 4 is 226 Å². The number of carbonyl (C=O) groups excluding carboxylic acids is 9. The number of thioether (sulfide) groups is 3. The van der Waals surface area contributed by atoms with Crippen LogP contribution >= 0.6 is 105 Å². The zero-order valence-corrected chi connectivity index (χ0v) is 72.5. The third-order valence-electron chi connectivity index (χ3n) is 18.8. The second-order valence-electron chi connectivity index (χ2n) is 28.8. The summed E-state index contributed by atoms with van der Waals surface area (Å²) >= 11 is 24.4. The first-order chi connectivity index (χ1) is 56.8. The average molecular weight is 1810 g/mol. The summed E-state index contributed by atoms with van der Waals surface area (Å²) in [5, 5.41) is 38.2. The number of fused-ring (bicyclic) bond motifs is 3. The molecule has 3 saturated heterocycles. The molecule has 0 aliphatic carbocycles. The fraction of sp³-hybridized carbons (Fsp3) is 0.346. The number of halogens is 3. The molecule has 3 fully saturated rings. The number of nitrogen functional groups attached to an aromatic ring is 3. The lowest BCUT2D eigenvalue weighted by molar-refractivity contribution is -0.161. The Morgan fingerprint density at radius 2 is 0.658 bits per heavy atom. The van der Waals surface area contributed by atoms with Crippen molar-refractivity contribution in [2.24, 2.45) is 33.2 Å². The van der Waals surface area contributed by atoms with Crippen LogP contribution in [0.25, 0.3) is 18.2 Å². The van der Waals surface area contributed by atoms with Crippen molar-refractivity contribution in [2.75, 3.05) is 34.5 Å². The van der Waals surface area contributed by atoms with Crippen LogP contribution in [0.2, 0.25) is 0 Å². The lowest BCUT2D eigenvalue weighted by Crippen LogP contribution is -2.61. The van der Waals surface area contributed by atoms with Crippen molar-refractivity contribution < 1.29 is 87.4 Å². The van der Waals surface area contributed by atoms with Crippen LogP contribution < -0.4 is 17.2 Å². The molecule has 3 aromatic heterocycles. The molecule has 6 aliphatic rings. The second kappa shape index (κ2) is 39.3. The van der Waals surface area contributed by atoms with Gasteiger partial charge in [-0.3, -0.25) is 57.9 Å². The fourth-order valence-corrected chi connectivity index (χ4v) is 18.1. The molecule has 6 atom stereocenters. The number of Topliss-reactive ketones (excluding diaryl/α,β-unsaturated/α-hetero) is 6. The van der Waals surface area contributed by atoms with Crippen LogP contribution in [0, 0.1) is 17.8 Å². The van der Waals surface area contributed by atoms with Gasteiger partial charge in [0.15, 0.2) is 67.2 Å². The Kier molecular flexibility index (Phi) is 30.0. The number of carboxylic acids is 3. The van der Waals surface area contributed by atoms with Gasteiger partial charge in [-0.15, -0.1) is 70.1 Å². The molecule has 3 aromatic carbocycles. The highest BCUT2D eigenvalue weighted by atomic mass is 35.5. The van der Waals surface area contributed by atoms with E-state index >= 15 is 0 Å². The molecule has 12 rings (SSSR count). The van der Waals surface area contributed by atoms with Crippen LogP contribution in [-0.2, 0) is 89.7 Å². The van der Waals surface area contributed by atoms with Gasteiger partial charge in [0.1, 0.15) is 0 Å². The number of oxime groups is 3. The van der Waals surface area contributed by atoms with Crippen molar-refractivity contribution in [2.45, 2.75) is 132 Å². The number of aliphatic carboxylic acids is 3. The summed E-state index contributed by atoms with van der Waals surface area (Å²) in [6, 6.07) is 23.0. The number of amides is 3. The number of allylic oxidation sites excluding steroid dienone is 6. The lowest BCUT2D eigenvalue weighted by atomic mass is 9.88. The maximum absolute atomic E-state index is 13.3. The number of carbonyl (C=O) groups is 12. The minimum atomic E-state index is -1.73. The van der Waals surface area contributed by atoms with Crippen LogP contribution in [0.3, 0.4) is 0 Å². The van der Waals surface area contributed by atoms with Gasteiger partial charge in [0.25, 0.3) is 0 Å². The molecular weight excluding hydrogens is 1730 g/mol. The molecule has 9 N–H and O–H groups in total. The van der Waals surface area contributed by atoms with E-state index in [9.17, 15) is 72.9 Å². The number of nitrogens with zero attached hydrogens (tertiary/aromatic N) is 12. The Morgan fingerprint density at radius 3 is 0.850 bits per heavy atom. The van der Waals surface area contributed by atoms with Crippen LogP contribution in [0.5, 0.6) is 0 Å². The second-order valence-corrected chi connectivity index (χ2v) is 35.2. The zero-order chi connectivity index (χ0) is 87.6. The zero-order valence-electron chi connectivity index (χ0n) is 65.4. The summed E-state index contributed by atoms with van der Waals surface area (Å²) in [6.45, 7) is 11.8. The van der Waals surface area contributed by atoms with Crippen molar-refractivity contribution in [1.82, 2.24) is 42.8 Å². The molecule has 33 nitrogen and oxygen atoms in total. The lowest BCUT2D eigenvalue weighted by Gasteiger charge is -2.49. The molecule has 9 heterocycles. The number of carboxylic acid groups (broad SMARTS) is 3. The number of benzene rings is 3. The Labute approximate surface area is 726 Å². The van der Waals surface area contributed by atoms with E-state index in [1.54, 1.807) is 0 Å². The first-order valence-electron chi connectivity index (χ1n) is 36.2. The molecule has 0 unspecified atom stereocenters. The number of aromatic nitrogens is 6. The fourth-order valence-electron chi connectivity index (χ4n) is 12.1. The van der Waals surface area contributed by atoms with Crippen LogP contribution in [0.1, 0.15) is 132 Å². The van der Waals surface area contributed by atoms with Gasteiger partial charge in [-0.05, 0) is 91.6 Å². The maximum Gasteiger partial charge on any atom is 0.350 e. The Hall–Kier alpha value is -10.7. The number of β-lactam (4-membered cyclic amide) rings is 3. The van der Waals surface area contributed by atoms with E-state index in [2.05, 4.69) is 43.5 Å². The summed E-state index contributed by atoms with van der Waals surface area (Å²) in [7, 11) is 0. The largest absolute Gasteiger partial charge is 0.478 e. The molecule has 630 valence electrons. The van der Waals surface area contributed by atoms with Gasteiger partial charge in [0, 0.05) is 110 Å². The van der Waals surface area contributed by atoms with Gasteiger partial charge < -0.3 is 47.0 Å². The number of anilines is 3. The van der Waals surface area contributed by atoms with Crippen molar-refractivity contribution in [3.8, 4) is 0 Å². The molecule has 0 saturated carbocycles. The van der Waals surface area contributed by atoms with E-state index in [0.717, 1.165) is 68.0 Å². The summed E-state index contributed by atoms with van der Waals surface area (Å²) in [6.07, 6.45) is 10.3. The smallest absolute Gasteiger partial charge is 0.350 e. The summed E-state index contributed by atoms with van der Waals surface area (Å²) in [5.74, 6) is -7.51. The van der Waals surface area contributed by atoms with Crippen molar-refractivity contribution in [3.05, 3.63) is 176 Å². The molecule has 6 aromatic rings. The highest BCUT2D eigenvalue weighted by Crippen LogP contribution is 2.49. The predicted molar refractivity (Wildman–Crippen MR) is 458 cm³/mol. The number of hydrogen-bond acceptors (Lipinski definition) is 33. The van der Waals surface area contributed by atoms with Gasteiger partial charge in [0.05, 0.1) is 51.0 Å². The highest BCUT2D eigenvalue weighted by molar-refractivity contribution is 8.00. The Morgan fingerprint density at radius 1 is 0.425 bits per heavy atom. The van der Waals surface area contributed by atoms with E-state index in [0.29, 0.717) is 68.7 Å². The minimum Gasteiger partial charge on any atom is -0.478 e. The average Bonchev–Trinajstić information content (AvgIpc) is 1.07. The number of ketones is 6. The summed E-state index contributed by atoms with van der Waals surface area (Å²) in [5.41, 5.74) is 19.6. The SMILES string of the molecule is CC(=O)C1=C(/C=C/c2ccc(CCl)cc2)CS[C@@H]2[C@H](CC(=O)/C(=N\OC(C)(C)C(=O)O)c3nsc(N)n3)C(=O)N12.CC(=O)C1=C(/C=C\c2ccc(CCl)cc2)CS[C@@H]2[C@H](CC(=O)/C(=N\OC(C)(C)C(=O)O)c3nsc(N)n3)C(=O)N12.CC(=O)C1=C(C=Cc2ccc(CCl)cc2)CS[C@@H]2[C@H](CC(=O)/C(=N\OC(C)(C)C(=O)O)c3nsc(N)n3)C(=O)N12. The predicted octanol–water partition coefficient (Wildman–Crippen LogP) is 10.5. The first-order valence-corrected chi connectivity index (χ1v) is 43.3. The normalized spacial score (nSPS) is 19.4. The van der Waals surface area contributed by atoms with Crippen molar-refractivity contribution in [1.29, 1.82) is 0 Å². The van der Waals surface area contributed by atoms with E-state index in [1.807, 2.05) is 109 Å². The summed E-state index contributed by atoms with van der Waals surface area (Å²) in [4.78, 5) is 183. The molecule has 3 amide bonds. The molecule has 120 heavy (non-hydrogen) atoms.